The fraction of sp³-hybridized carbons (Fsp3) is 0.833. The molecule has 0 N–H and O–H groups in total. The van der Waals surface area contributed by atoms with E-state index in [1.54, 1.807) is 0 Å². The molecule has 0 aromatic rings. The number of hydrogen-bond acceptors (Lipinski definition) is 7. The van der Waals surface area contributed by atoms with Crippen LogP contribution in [-0.4, -0.2) is 66.2 Å². The molecule has 4 heterocycles. The fourth-order valence-electron chi connectivity index (χ4n) is 8.63. The van der Waals surface area contributed by atoms with Crippen LogP contribution in [0.2, 0.25) is 0 Å². The predicted octanol–water partition coefficient (Wildman–Crippen LogP) is 2.11. The SMILES string of the molecule is CCCO[C@]1(C=O)[C@]23O[C@H]2C[C@H]2C4=C(CC[C@]2(C)[C@@]32O[C@H]2[C@@H]2O[C@@]21C(C)C)C(=O)OC4. The van der Waals surface area contributed by atoms with E-state index in [-0.39, 0.29) is 41.5 Å². The molecule has 7 heteroatoms. The molecule has 3 saturated heterocycles. The summed E-state index contributed by atoms with van der Waals surface area (Å²) in [5, 5.41) is 0. The monoisotopic (exact) mass is 430 g/mol. The lowest BCUT2D eigenvalue weighted by atomic mass is 9.44. The van der Waals surface area contributed by atoms with Gasteiger partial charge < -0.3 is 23.7 Å². The molecule has 0 aromatic carbocycles. The minimum atomic E-state index is -1.18. The Kier molecular flexibility index (Phi) is 3.27. The van der Waals surface area contributed by atoms with E-state index in [1.807, 2.05) is 6.92 Å². The average molecular weight is 430 g/mol. The maximum Gasteiger partial charge on any atom is 0.334 e. The van der Waals surface area contributed by atoms with Gasteiger partial charge in [0.1, 0.15) is 30.0 Å². The van der Waals surface area contributed by atoms with Crippen molar-refractivity contribution in [1.82, 2.24) is 0 Å². The van der Waals surface area contributed by atoms with E-state index in [0.717, 1.165) is 36.7 Å². The van der Waals surface area contributed by atoms with E-state index in [4.69, 9.17) is 23.7 Å². The Morgan fingerprint density at radius 1 is 1.19 bits per heavy atom. The zero-order valence-corrected chi connectivity index (χ0v) is 18.6. The van der Waals surface area contributed by atoms with E-state index in [2.05, 4.69) is 20.8 Å². The summed E-state index contributed by atoms with van der Waals surface area (Å²) in [4.78, 5) is 25.3. The van der Waals surface area contributed by atoms with Crippen LogP contribution in [0.4, 0.5) is 0 Å². The quantitative estimate of drug-likeness (QED) is 0.375. The van der Waals surface area contributed by atoms with Crippen molar-refractivity contribution in [2.24, 2.45) is 17.3 Å². The van der Waals surface area contributed by atoms with Gasteiger partial charge in [0.15, 0.2) is 17.5 Å². The number of carbonyl (C=O) groups is 2. The minimum Gasteiger partial charge on any atom is -0.458 e. The number of carbonyl (C=O) groups excluding carboxylic acids is 2. The van der Waals surface area contributed by atoms with Crippen LogP contribution in [0.5, 0.6) is 0 Å². The first kappa shape index (κ1) is 19.2. The molecule has 7 nitrogen and oxygen atoms in total. The Labute approximate surface area is 181 Å². The normalized spacial score (nSPS) is 57.1. The highest BCUT2D eigenvalue weighted by molar-refractivity contribution is 5.92. The molecule has 0 bridgehead atoms. The number of esters is 1. The summed E-state index contributed by atoms with van der Waals surface area (Å²) in [6, 6.07) is 0. The van der Waals surface area contributed by atoms with E-state index < -0.39 is 22.4 Å². The van der Waals surface area contributed by atoms with Crippen molar-refractivity contribution >= 4 is 12.3 Å². The molecule has 0 unspecified atom stereocenters. The largest absolute Gasteiger partial charge is 0.458 e. The molecule has 9 atom stereocenters. The topological polar surface area (TPSA) is 90.2 Å². The van der Waals surface area contributed by atoms with Crippen LogP contribution in [0.25, 0.3) is 0 Å². The fourth-order valence-corrected chi connectivity index (χ4v) is 8.63. The Morgan fingerprint density at radius 2 is 2.00 bits per heavy atom. The van der Waals surface area contributed by atoms with E-state index in [1.165, 1.54) is 0 Å². The van der Waals surface area contributed by atoms with E-state index in [0.29, 0.717) is 19.6 Å². The van der Waals surface area contributed by atoms with Crippen LogP contribution in [-0.2, 0) is 33.3 Å². The maximum atomic E-state index is 13.1. The molecule has 2 saturated carbocycles. The molecule has 0 amide bonds. The highest BCUT2D eigenvalue weighted by atomic mass is 16.8. The van der Waals surface area contributed by atoms with Gasteiger partial charge >= 0.3 is 5.97 Å². The minimum absolute atomic E-state index is 0.0908. The smallest absolute Gasteiger partial charge is 0.334 e. The Hall–Kier alpha value is -1.28. The molecular formula is C24H30O7. The molecule has 0 radical (unpaired) electrons. The number of ether oxygens (including phenoxy) is 5. The van der Waals surface area contributed by atoms with Gasteiger partial charge in [0.25, 0.3) is 0 Å². The van der Waals surface area contributed by atoms with Gasteiger partial charge in [0.05, 0.1) is 6.10 Å². The number of epoxide rings is 3. The summed E-state index contributed by atoms with van der Waals surface area (Å²) in [6.45, 7) is 9.36. The molecule has 4 aliphatic heterocycles. The molecule has 31 heavy (non-hydrogen) atoms. The van der Waals surface area contributed by atoms with Crippen LogP contribution in [0.1, 0.15) is 53.4 Å². The van der Waals surface area contributed by atoms with Crippen molar-refractivity contribution in [3.8, 4) is 0 Å². The van der Waals surface area contributed by atoms with Crippen LogP contribution < -0.4 is 0 Å². The lowest BCUT2D eigenvalue weighted by Gasteiger charge is -2.56. The molecular weight excluding hydrogens is 400 g/mol. The number of cyclic esters (lactones) is 1. The summed E-state index contributed by atoms with van der Waals surface area (Å²) in [5.74, 6) is 0.0695. The molecule has 5 fully saturated rings. The summed E-state index contributed by atoms with van der Waals surface area (Å²) >= 11 is 0. The first-order valence-electron chi connectivity index (χ1n) is 11.8. The van der Waals surface area contributed by atoms with Crippen LogP contribution in [0.3, 0.4) is 0 Å². The molecule has 168 valence electrons. The Balaban J connectivity index is 1.41. The predicted molar refractivity (Wildman–Crippen MR) is 106 cm³/mol. The highest BCUT2D eigenvalue weighted by Crippen LogP contribution is 2.85. The van der Waals surface area contributed by atoms with Crippen molar-refractivity contribution < 1.29 is 33.3 Å². The zero-order chi connectivity index (χ0) is 21.6. The van der Waals surface area contributed by atoms with Gasteiger partial charge in [-0.15, -0.1) is 0 Å². The highest BCUT2D eigenvalue weighted by Gasteiger charge is 3.05. The Morgan fingerprint density at radius 3 is 2.71 bits per heavy atom. The van der Waals surface area contributed by atoms with Crippen LogP contribution >= 0.6 is 0 Å². The second-order valence-corrected chi connectivity index (χ2v) is 11.1. The van der Waals surface area contributed by atoms with E-state index in [9.17, 15) is 9.59 Å². The van der Waals surface area contributed by atoms with Gasteiger partial charge in [-0.1, -0.05) is 27.7 Å². The van der Waals surface area contributed by atoms with E-state index >= 15 is 0 Å². The van der Waals surface area contributed by atoms with Crippen molar-refractivity contribution in [2.75, 3.05) is 13.2 Å². The summed E-state index contributed by atoms with van der Waals surface area (Å²) in [5.41, 5.74) is -1.65. The van der Waals surface area contributed by atoms with Crippen molar-refractivity contribution in [3.05, 3.63) is 11.1 Å². The number of hydrogen-bond donors (Lipinski definition) is 0. The van der Waals surface area contributed by atoms with Crippen LogP contribution in [0, 0.1) is 17.3 Å². The third-order valence-corrected chi connectivity index (χ3v) is 9.96. The maximum absolute atomic E-state index is 13.1. The lowest BCUT2D eigenvalue weighted by molar-refractivity contribution is -0.191. The first-order chi connectivity index (χ1) is 14.8. The van der Waals surface area contributed by atoms with Gasteiger partial charge in [0, 0.05) is 17.6 Å². The van der Waals surface area contributed by atoms with Crippen molar-refractivity contribution in [2.45, 2.75) is 94.1 Å². The first-order valence-corrected chi connectivity index (χ1v) is 11.8. The van der Waals surface area contributed by atoms with Crippen molar-refractivity contribution in [3.63, 3.8) is 0 Å². The zero-order valence-electron chi connectivity index (χ0n) is 18.6. The van der Waals surface area contributed by atoms with Gasteiger partial charge in [0.2, 0.25) is 0 Å². The Bertz CT molecular complexity index is 958. The number of rotatable bonds is 5. The number of aldehydes is 1. The second kappa shape index (κ2) is 5.27. The summed E-state index contributed by atoms with van der Waals surface area (Å²) < 4.78 is 31.7. The molecule has 7 aliphatic rings. The van der Waals surface area contributed by atoms with Gasteiger partial charge in [-0.25, -0.2) is 4.79 Å². The van der Waals surface area contributed by atoms with Crippen molar-refractivity contribution in [1.29, 1.82) is 0 Å². The molecule has 3 aliphatic carbocycles. The lowest BCUT2D eigenvalue weighted by Crippen LogP contribution is -2.76. The molecule has 7 rings (SSSR count). The van der Waals surface area contributed by atoms with Crippen LogP contribution in [0.15, 0.2) is 11.1 Å². The number of fused-ring (bicyclic) bond motifs is 4. The third-order valence-electron chi connectivity index (χ3n) is 9.96. The summed E-state index contributed by atoms with van der Waals surface area (Å²) in [7, 11) is 0. The molecule has 0 aromatic heterocycles. The second-order valence-electron chi connectivity index (χ2n) is 11.1. The molecule has 2 spiro atoms. The third kappa shape index (κ3) is 1.61. The van der Waals surface area contributed by atoms with Gasteiger partial charge in [-0.05, 0) is 43.1 Å². The average Bonchev–Trinajstić information content (AvgIpc) is 3.63. The van der Waals surface area contributed by atoms with Gasteiger partial charge in [-0.2, -0.15) is 0 Å². The standard InChI is InChI=1S/C24H30O7/c1-5-8-28-21(11-25)22(12(2)3)17(30-22)18-24(31-18)20(4)7-6-13-14(10-27-19(13)26)15(20)9-16-23(21,24)29-16/h11-12,15-18H,5-10H2,1-4H3/t15-,16-,17-,18-,20-,21-,22-,23+,24+/m0/s1. The van der Waals surface area contributed by atoms with Gasteiger partial charge in [-0.3, -0.25) is 4.79 Å². The summed E-state index contributed by atoms with van der Waals surface area (Å²) in [6.07, 6.45) is 3.62.